The molecule has 5 heteroatoms. The van der Waals surface area contributed by atoms with Gasteiger partial charge >= 0.3 is 6.03 Å². The Morgan fingerprint density at radius 1 is 1.39 bits per heavy atom. The molecule has 1 fully saturated rings. The third kappa shape index (κ3) is 4.00. The van der Waals surface area contributed by atoms with Crippen molar-refractivity contribution >= 4 is 11.7 Å². The van der Waals surface area contributed by atoms with Crippen molar-refractivity contribution in [2.24, 2.45) is 5.92 Å². The van der Waals surface area contributed by atoms with E-state index in [1.807, 2.05) is 0 Å². The van der Waals surface area contributed by atoms with E-state index in [9.17, 15) is 9.18 Å². The topological polar surface area (TPSA) is 50.4 Å². The molecule has 98 valence electrons. The number of rotatable bonds is 3. The predicted molar refractivity (Wildman–Crippen MR) is 67.0 cm³/mol. The summed E-state index contributed by atoms with van der Waals surface area (Å²) in [6.45, 7) is 2.15. The number of ether oxygens (including phenoxy) is 1. The van der Waals surface area contributed by atoms with Gasteiger partial charge in [-0.2, -0.15) is 0 Å². The average Bonchev–Trinajstić information content (AvgIpc) is 2.38. The number of hydrogen-bond donors (Lipinski definition) is 2. The molecule has 1 aliphatic rings. The van der Waals surface area contributed by atoms with E-state index in [4.69, 9.17) is 4.74 Å². The summed E-state index contributed by atoms with van der Waals surface area (Å²) >= 11 is 0. The van der Waals surface area contributed by atoms with E-state index in [0.717, 1.165) is 26.1 Å². The second-order valence-electron chi connectivity index (χ2n) is 4.40. The number of anilines is 1. The Morgan fingerprint density at radius 3 is 2.89 bits per heavy atom. The zero-order valence-electron chi connectivity index (χ0n) is 10.1. The Kier molecular flexibility index (Phi) is 4.52. The molecule has 0 bridgehead atoms. The monoisotopic (exact) mass is 252 g/mol. The molecular weight excluding hydrogens is 235 g/mol. The minimum absolute atomic E-state index is 0.299. The highest BCUT2D eigenvalue weighted by atomic mass is 19.1. The van der Waals surface area contributed by atoms with Gasteiger partial charge in [0.05, 0.1) is 0 Å². The second kappa shape index (κ2) is 6.35. The van der Waals surface area contributed by atoms with E-state index in [1.165, 1.54) is 12.1 Å². The van der Waals surface area contributed by atoms with Gasteiger partial charge in [-0.1, -0.05) is 6.07 Å². The van der Waals surface area contributed by atoms with E-state index < -0.39 is 0 Å². The summed E-state index contributed by atoms with van der Waals surface area (Å²) in [5.41, 5.74) is 0.458. The Morgan fingerprint density at radius 2 is 2.17 bits per heavy atom. The van der Waals surface area contributed by atoms with Crippen LogP contribution in [-0.4, -0.2) is 25.8 Å². The molecule has 2 N–H and O–H groups in total. The first-order valence-electron chi connectivity index (χ1n) is 6.12. The molecule has 18 heavy (non-hydrogen) atoms. The fourth-order valence-electron chi connectivity index (χ4n) is 1.93. The summed E-state index contributed by atoms with van der Waals surface area (Å²) in [6.07, 6.45) is 1.94. The smallest absolute Gasteiger partial charge is 0.319 e. The number of halogens is 1. The molecule has 0 saturated carbocycles. The predicted octanol–water partition coefficient (Wildman–Crippen LogP) is 2.37. The van der Waals surface area contributed by atoms with Crippen molar-refractivity contribution in [3.63, 3.8) is 0 Å². The zero-order chi connectivity index (χ0) is 12.8. The number of carbonyl (C=O) groups is 1. The van der Waals surface area contributed by atoms with Gasteiger partial charge in [-0.3, -0.25) is 0 Å². The highest BCUT2D eigenvalue weighted by molar-refractivity contribution is 5.89. The number of nitrogens with one attached hydrogen (secondary N) is 2. The number of carbonyl (C=O) groups excluding carboxylic acids is 1. The molecule has 0 spiro atoms. The van der Waals surface area contributed by atoms with Gasteiger partial charge in [0.25, 0.3) is 0 Å². The van der Waals surface area contributed by atoms with Crippen LogP contribution in [0.4, 0.5) is 14.9 Å². The molecule has 2 rings (SSSR count). The lowest BCUT2D eigenvalue weighted by molar-refractivity contribution is 0.0671. The zero-order valence-corrected chi connectivity index (χ0v) is 10.1. The number of hydrogen-bond acceptors (Lipinski definition) is 2. The molecule has 0 unspecified atom stereocenters. The first-order chi connectivity index (χ1) is 8.74. The van der Waals surface area contributed by atoms with Crippen LogP contribution in [0.3, 0.4) is 0 Å². The summed E-state index contributed by atoms with van der Waals surface area (Å²) < 4.78 is 18.2. The van der Waals surface area contributed by atoms with Crippen molar-refractivity contribution in [3.05, 3.63) is 30.1 Å². The van der Waals surface area contributed by atoms with E-state index in [1.54, 1.807) is 12.1 Å². The first kappa shape index (κ1) is 12.8. The Hall–Kier alpha value is -1.62. The van der Waals surface area contributed by atoms with Crippen LogP contribution in [0.25, 0.3) is 0 Å². The van der Waals surface area contributed by atoms with Crippen LogP contribution in [-0.2, 0) is 4.74 Å². The molecule has 1 saturated heterocycles. The third-order valence-electron chi connectivity index (χ3n) is 2.97. The van der Waals surface area contributed by atoms with Crippen molar-refractivity contribution in [1.29, 1.82) is 0 Å². The van der Waals surface area contributed by atoms with Crippen molar-refractivity contribution in [2.45, 2.75) is 12.8 Å². The van der Waals surface area contributed by atoms with Crippen LogP contribution in [0.2, 0.25) is 0 Å². The summed E-state index contributed by atoms with van der Waals surface area (Å²) in [5, 5.41) is 5.39. The molecule has 1 aromatic carbocycles. The van der Waals surface area contributed by atoms with Crippen LogP contribution in [0, 0.1) is 11.7 Å². The Labute approximate surface area is 106 Å². The summed E-state index contributed by atoms with van der Waals surface area (Å²) in [6, 6.07) is 5.53. The number of benzene rings is 1. The summed E-state index contributed by atoms with van der Waals surface area (Å²) in [4.78, 5) is 11.6. The van der Waals surface area contributed by atoms with Gasteiger partial charge in [0, 0.05) is 25.4 Å². The minimum atomic E-state index is -0.364. The van der Waals surface area contributed by atoms with E-state index >= 15 is 0 Å². The van der Waals surface area contributed by atoms with Crippen LogP contribution in [0.1, 0.15) is 12.8 Å². The summed E-state index contributed by atoms with van der Waals surface area (Å²) in [7, 11) is 0. The highest BCUT2D eigenvalue weighted by Crippen LogP contribution is 2.13. The van der Waals surface area contributed by atoms with Gasteiger partial charge in [-0.15, -0.1) is 0 Å². The second-order valence-corrected chi connectivity index (χ2v) is 4.40. The molecule has 2 amide bonds. The molecule has 0 radical (unpaired) electrons. The molecule has 1 aromatic rings. The highest BCUT2D eigenvalue weighted by Gasteiger charge is 2.14. The lowest BCUT2D eigenvalue weighted by atomic mass is 10.0. The molecular formula is C13H17FN2O2. The molecule has 0 aliphatic carbocycles. The maximum absolute atomic E-state index is 12.9. The van der Waals surface area contributed by atoms with Crippen molar-refractivity contribution in [3.8, 4) is 0 Å². The van der Waals surface area contributed by atoms with Crippen LogP contribution >= 0.6 is 0 Å². The van der Waals surface area contributed by atoms with Crippen LogP contribution in [0.5, 0.6) is 0 Å². The van der Waals surface area contributed by atoms with Crippen molar-refractivity contribution in [2.75, 3.05) is 25.1 Å². The fraction of sp³-hybridized carbons (Fsp3) is 0.462. The van der Waals surface area contributed by atoms with Crippen molar-refractivity contribution in [1.82, 2.24) is 5.32 Å². The number of urea groups is 1. The Bertz CT molecular complexity index is 406. The first-order valence-corrected chi connectivity index (χ1v) is 6.12. The lowest BCUT2D eigenvalue weighted by Crippen LogP contribution is -2.35. The minimum Gasteiger partial charge on any atom is -0.381 e. The van der Waals surface area contributed by atoms with Gasteiger partial charge in [-0.05, 0) is 37.0 Å². The maximum Gasteiger partial charge on any atom is 0.319 e. The lowest BCUT2D eigenvalue weighted by Gasteiger charge is -2.22. The molecule has 1 heterocycles. The molecule has 1 aliphatic heterocycles. The van der Waals surface area contributed by atoms with Crippen molar-refractivity contribution < 1.29 is 13.9 Å². The van der Waals surface area contributed by atoms with Gasteiger partial charge in [0.15, 0.2) is 0 Å². The normalized spacial score (nSPS) is 16.3. The summed E-state index contributed by atoms with van der Waals surface area (Å²) in [5.74, 6) is 0.106. The van der Waals surface area contributed by atoms with Crippen LogP contribution in [0.15, 0.2) is 24.3 Å². The van der Waals surface area contributed by atoms with Gasteiger partial charge < -0.3 is 15.4 Å². The average molecular weight is 252 g/mol. The Balaban J connectivity index is 1.74. The maximum atomic E-state index is 12.9. The third-order valence-corrected chi connectivity index (χ3v) is 2.97. The fourth-order valence-corrected chi connectivity index (χ4v) is 1.93. The largest absolute Gasteiger partial charge is 0.381 e. The van der Waals surface area contributed by atoms with Gasteiger partial charge in [-0.25, -0.2) is 9.18 Å². The van der Waals surface area contributed by atoms with E-state index in [-0.39, 0.29) is 11.8 Å². The van der Waals surface area contributed by atoms with E-state index in [0.29, 0.717) is 18.2 Å². The quantitative estimate of drug-likeness (QED) is 0.867. The van der Waals surface area contributed by atoms with E-state index in [2.05, 4.69) is 10.6 Å². The van der Waals surface area contributed by atoms with Gasteiger partial charge in [0.2, 0.25) is 0 Å². The SMILES string of the molecule is O=C(NCC1CCOCC1)Nc1cccc(F)c1. The number of amides is 2. The molecule has 4 nitrogen and oxygen atoms in total. The van der Waals surface area contributed by atoms with Crippen LogP contribution < -0.4 is 10.6 Å². The van der Waals surface area contributed by atoms with Gasteiger partial charge in [0.1, 0.15) is 5.82 Å². The molecule has 0 aromatic heterocycles. The molecule has 0 atom stereocenters. The standard InChI is InChI=1S/C13H17FN2O2/c14-11-2-1-3-12(8-11)16-13(17)15-9-10-4-6-18-7-5-10/h1-3,8,10H,4-7,9H2,(H2,15,16,17).